The summed E-state index contributed by atoms with van der Waals surface area (Å²) in [6, 6.07) is 20.5. The maximum Gasteiger partial charge on any atom is 0.273 e. The molecular formula is C25H18Cl3N3O. The molecule has 0 aliphatic carbocycles. The number of hydrogen-bond donors (Lipinski definition) is 1. The van der Waals surface area contributed by atoms with Gasteiger partial charge in [0.1, 0.15) is 5.69 Å². The molecular weight excluding hydrogens is 465 g/mol. The molecule has 7 heteroatoms. The van der Waals surface area contributed by atoms with Crippen LogP contribution in [0.5, 0.6) is 0 Å². The number of aryl methyl sites for hydroxylation is 1. The number of rotatable bonds is 4. The van der Waals surface area contributed by atoms with Crippen molar-refractivity contribution in [1.29, 1.82) is 0 Å². The summed E-state index contributed by atoms with van der Waals surface area (Å²) < 4.78 is 0. The molecule has 0 spiro atoms. The lowest BCUT2D eigenvalue weighted by molar-refractivity contribution is 0.0730. The minimum absolute atomic E-state index is 0.151. The van der Waals surface area contributed by atoms with E-state index in [-0.39, 0.29) is 5.91 Å². The first-order valence-corrected chi connectivity index (χ1v) is 11.2. The van der Waals surface area contributed by atoms with Gasteiger partial charge in [0.05, 0.1) is 11.7 Å². The Morgan fingerprint density at radius 2 is 1.72 bits per heavy atom. The van der Waals surface area contributed by atoms with Crippen molar-refractivity contribution < 1.29 is 4.79 Å². The van der Waals surface area contributed by atoms with Crippen molar-refractivity contribution >= 4 is 40.7 Å². The number of hydrogen-bond acceptors (Lipinski definition) is 2. The normalized spacial score (nSPS) is 15.3. The van der Waals surface area contributed by atoms with Gasteiger partial charge < -0.3 is 4.90 Å². The highest BCUT2D eigenvalue weighted by atomic mass is 35.5. The number of fused-ring (bicyclic) bond motifs is 1. The van der Waals surface area contributed by atoms with Crippen molar-refractivity contribution in [3.63, 3.8) is 0 Å². The molecule has 160 valence electrons. The Morgan fingerprint density at radius 3 is 2.44 bits per heavy atom. The highest BCUT2D eigenvalue weighted by molar-refractivity contribution is 6.35. The first-order valence-electron chi connectivity index (χ1n) is 10.1. The van der Waals surface area contributed by atoms with Crippen molar-refractivity contribution in [2.75, 3.05) is 0 Å². The number of benzene rings is 3. The zero-order valence-corrected chi connectivity index (χ0v) is 19.3. The van der Waals surface area contributed by atoms with E-state index in [0.29, 0.717) is 27.3 Å². The lowest BCUT2D eigenvalue weighted by atomic mass is 9.95. The first-order chi connectivity index (χ1) is 15.4. The summed E-state index contributed by atoms with van der Waals surface area (Å²) in [5.41, 5.74) is 5.70. The van der Waals surface area contributed by atoms with Gasteiger partial charge in [0.15, 0.2) is 0 Å². The summed E-state index contributed by atoms with van der Waals surface area (Å²) in [7, 11) is 0. The molecule has 1 amide bonds. The number of nitrogens with zero attached hydrogens (tertiary/aromatic N) is 2. The van der Waals surface area contributed by atoms with Gasteiger partial charge in [-0.25, -0.2) is 0 Å². The predicted octanol–water partition coefficient (Wildman–Crippen LogP) is 7.09. The smallest absolute Gasteiger partial charge is 0.273 e. The average Bonchev–Trinajstić information content (AvgIpc) is 3.30. The van der Waals surface area contributed by atoms with Gasteiger partial charge in [-0.2, -0.15) is 5.10 Å². The van der Waals surface area contributed by atoms with Crippen LogP contribution in [-0.4, -0.2) is 21.0 Å². The van der Waals surface area contributed by atoms with Crippen LogP contribution in [0.4, 0.5) is 0 Å². The van der Waals surface area contributed by atoms with E-state index in [4.69, 9.17) is 34.8 Å². The van der Waals surface area contributed by atoms with Crippen LogP contribution in [0.1, 0.15) is 38.8 Å². The van der Waals surface area contributed by atoms with E-state index in [1.807, 2.05) is 61.5 Å². The monoisotopic (exact) mass is 481 g/mol. The Hall–Kier alpha value is -2.79. The van der Waals surface area contributed by atoms with Gasteiger partial charge in [0.2, 0.25) is 0 Å². The van der Waals surface area contributed by atoms with E-state index >= 15 is 0 Å². The Bertz CT molecular complexity index is 1330. The van der Waals surface area contributed by atoms with Crippen molar-refractivity contribution in [1.82, 2.24) is 15.1 Å². The van der Waals surface area contributed by atoms with Gasteiger partial charge in [-0.3, -0.25) is 9.89 Å². The molecule has 0 radical (unpaired) electrons. The first kappa shape index (κ1) is 21.1. The molecule has 1 unspecified atom stereocenters. The lowest BCUT2D eigenvalue weighted by Gasteiger charge is -2.27. The average molecular weight is 483 g/mol. The number of aromatic amines is 1. The van der Waals surface area contributed by atoms with Gasteiger partial charge in [0.25, 0.3) is 5.91 Å². The zero-order chi connectivity index (χ0) is 22.4. The molecule has 1 aliphatic rings. The molecule has 0 saturated carbocycles. The quantitative estimate of drug-likeness (QED) is 0.337. The second-order valence-corrected chi connectivity index (χ2v) is 9.07. The highest BCUT2D eigenvalue weighted by Gasteiger charge is 2.43. The third-order valence-corrected chi connectivity index (χ3v) is 6.68. The molecule has 0 bridgehead atoms. The van der Waals surface area contributed by atoms with Gasteiger partial charge in [-0.1, -0.05) is 88.9 Å². The van der Waals surface area contributed by atoms with Gasteiger partial charge in [-0.05, 0) is 36.2 Å². The van der Waals surface area contributed by atoms with Crippen LogP contribution < -0.4 is 0 Å². The van der Waals surface area contributed by atoms with Crippen LogP contribution >= 0.6 is 34.8 Å². The van der Waals surface area contributed by atoms with Crippen LogP contribution in [0.15, 0.2) is 66.7 Å². The second kappa shape index (κ2) is 8.28. The van der Waals surface area contributed by atoms with E-state index in [1.165, 1.54) is 0 Å². The van der Waals surface area contributed by atoms with E-state index in [2.05, 4.69) is 10.2 Å². The Morgan fingerprint density at radius 1 is 0.969 bits per heavy atom. The molecule has 1 atom stereocenters. The summed E-state index contributed by atoms with van der Waals surface area (Å²) >= 11 is 19.2. The maximum absolute atomic E-state index is 13.5. The van der Waals surface area contributed by atoms with Crippen molar-refractivity contribution in [3.05, 3.63) is 110 Å². The number of aromatic nitrogens is 2. The molecule has 1 N–H and O–H groups in total. The minimum atomic E-state index is -0.436. The van der Waals surface area contributed by atoms with E-state index in [1.54, 1.807) is 17.0 Å². The lowest BCUT2D eigenvalue weighted by Crippen LogP contribution is -2.29. The number of nitrogens with one attached hydrogen (secondary N) is 1. The molecule has 4 nitrogen and oxygen atoms in total. The summed E-state index contributed by atoms with van der Waals surface area (Å²) in [5, 5.41) is 9.10. The summed E-state index contributed by atoms with van der Waals surface area (Å²) in [6.07, 6.45) is 0. The third-order valence-electron chi connectivity index (χ3n) is 5.74. The fraction of sp³-hybridized carbons (Fsp3) is 0.120. The van der Waals surface area contributed by atoms with Crippen molar-refractivity contribution in [2.24, 2.45) is 0 Å². The Kier molecular flexibility index (Phi) is 5.46. The summed E-state index contributed by atoms with van der Waals surface area (Å²) in [6.45, 7) is 2.36. The largest absolute Gasteiger partial charge is 0.322 e. The molecule has 0 saturated heterocycles. The zero-order valence-electron chi connectivity index (χ0n) is 17.1. The third kappa shape index (κ3) is 3.58. The van der Waals surface area contributed by atoms with Crippen LogP contribution in [0.2, 0.25) is 15.1 Å². The maximum atomic E-state index is 13.5. The second-order valence-electron chi connectivity index (χ2n) is 7.82. The Labute approximate surface area is 200 Å². The van der Waals surface area contributed by atoms with Crippen molar-refractivity contribution in [2.45, 2.75) is 19.5 Å². The molecule has 32 heavy (non-hydrogen) atoms. The molecule has 3 aromatic carbocycles. The van der Waals surface area contributed by atoms with Crippen LogP contribution in [0.3, 0.4) is 0 Å². The summed E-state index contributed by atoms with van der Waals surface area (Å²) in [4.78, 5) is 15.3. The number of amides is 1. The standard InChI is InChI=1S/C25H18Cl3N3O/c1-14-6-8-15(9-7-14)22-21-23(30-29-22)25(32)31(13-16-4-2-3-5-19(16)27)24(21)18-11-10-17(26)12-20(18)28/h2-12,24H,13H2,1H3,(H,29,30). The van der Waals surface area contributed by atoms with Crippen LogP contribution in [-0.2, 0) is 6.54 Å². The molecule has 1 aromatic heterocycles. The van der Waals surface area contributed by atoms with Gasteiger partial charge in [-0.15, -0.1) is 0 Å². The molecule has 4 aromatic rings. The van der Waals surface area contributed by atoms with Crippen LogP contribution in [0.25, 0.3) is 11.3 Å². The SMILES string of the molecule is Cc1ccc(-c2n[nH]c3c2C(c2ccc(Cl)cc2Cl)N(Cc2ccccc2Cl)C3=O)cc1. The topological polar surface area (TPSA) is 49.0 Å². The van der Waals surface area contributed by atoms with Gasteiger partial charge >= 0.3 is 0 Å². The minimum Gasteiger partial charge on any atom is -0.322 e. The van der Waals surface area contributed by atoms with E-state index in [0.717, 1.165) is 33.5 Å². The number of carbonyl (C=O) groups excluding carboxylic acids is 1. The highest BCUT2D eigenvalue weighted by Crippen LogP contribution is 2.46. The number of H-pyrrole nitrogens is 1. The fourth-order valence-corrected chi connectivity index (χ4v) is 4.86. The number of carbonyl (C=O) groups is 1. The number of halogens is 3. The van der Waals surface area contributed by atoms with Crippen LogP contribution in [0, 0.1) is 6.92 Å². The predicted molar refractivity (Wildman–Crippen MR) is 128 cm³/mol. The molecule has 5 rings (SSSR count). The molecule has 2 heterocycles. The Balaban J connectivity index is 1.68. The molecule has 0 fully saturated rings. The van der Waals surface area contributed by atoms with Gasteiger partial charge in [0, 0.05) is 32.7 Å². The van der Waals surface area contributed by atoms with E-state index < -0.39 is 6.04 Å². The molecule has 1 aliphatic heterocycles. The summed E-state index contributed by atoms with van der Waals surface area (Å²) in [5.74, 6) is -0.151. The van der Waals surface area contributed by atoms with Crippen molar-refractivity contribution in [3.8, 4) is 11.3 Å². The van der Waals surface area contributed by atoms with E-state index in [9.17, 15) is 4.79 Å². The fourth-order valence-electron chi connectivity index (χ4n) is 4.15.